The number of pyridine rings is 1. The van der Waals surface area contributed by atoms with Gasteiger partial charge in [-0.3, -0.25) is 9.59 Å². The van der Waals surface area contributed by atoms with Crippen molar-refractivity contribution in [3.63, 3.8) is 0 Å². The van der Waals surface area contributed by atoms with Gasteiger partial charge in [0.25, 0.3) is 5.56 Å². The molecule has 0 aliphatic rings. The first-order chi connectivity index (χ1) is 11.3. The maximum absolute atomic E-state index is 12.5. The predicted molar refractivity (Wildman–Crippen MR) is 104 cm³/mol. The Morgan fingerprint density at radius 3 is 2.62 bits per heavy atom. The van der Waals surface area contributed by atoms with Gasteiger partial charge in [-0.15, -0.1) is 0 Å². The molecule has 0 saturated carbocycles. The Bertz CT molecular complexity index is 1030. The molecular weight excluding hydrogens is 459 g/mol. The van der Waals surface area contributed by atoms with E-state index in [4.69, 9.17) is 17.3 Å². The van der Waals surface area contributed by atoms with Gasteiger partial charge in [0.15, 0.2) is 5.78 Å². The molecule has 4 nitrogen and oxygen atoms in total. The van der Waals surface area contributed by atoms with Crippen LogP contribution < -0.4 is 11.3 Å². The first-order valence-corrected chi connectivity index (χ1v) is 8.91. The molecule has 0 bridgehead atoms. The number of aromatic nitrogens is 1. The lowest BCUT2D eigenvalue weighted by atomic mass is 10.0. The standard InChI is InChI=1S/C17H11Br2ClN2O2/c18-9-5-12(19)10-7-11(17(24)22-15(10)6-9)16(23)4-8-1-2-13(20)14(21)3-8/h1-3,5-7H,4,21H2,(H,22,24). The third-order valence-electron chi connectivity index (χ3n) is 3.60. The normalized spacial score (nSPS) is 11.0. The van der Waals surface area contributed by atoms with Crippen LogP contribution in [0.3, 0.4) is 0 Å². The molecule has 0 radical (unpaired) electrons. The number of halogens is 3. The number of anilines is 1. The van der Waals surface area contributed by atoms with Crippen LogP contribution in [-0.4, -0.2) is 10.8 Å². The molecule has 0 aliphatic carbocycles. The van der Waals surface area contributed by atoms with Crippen molar-refractivity contribution < 1.29 is 4.79 Å². The number of aromatic amines is 1. The van der Waals surface area contributed by atoms with Crippen molar-refractivity contribution in [3.8, 4) is 0 Å². The molecule has 0 atom stereocenters. The van der Waals surface area contributed by atoms with Crippen molar-refractivity contribution in [3.05, 3.63) is 71.8 Å². The highest BCUT2D eigenvalue weighted by Gasteiger charge is 2.14. The molecule has 7 heteroatoms. The number of Topliss-reactive ketones (excluding diaryl/α,β-unsaturated/α-hetero) is 1. The number of rotatable bonds is 3. The number of carbonyl (C=O) groups excluding carboxylic acids is 1. The number of carbonyl (C=O) groups is 1. The summed E-state index contributed by atoms with van der Waals surface area (Å²) in [4.78, 5) is 27.5. The van der Waals surface area contributed by atoms with E-state index in [1.54, 1.807) is 30.3 Å². The van der Waals surface area contributed by atoms with E-state index in [1.165, 1.54) is 0 Å². The first-order valence-electron chi connectivity index (χ1n) is 6.94. The number of benzene rings is 2. The molecule has 0 unspecified atom stereocenters. The predicted octanol–water partition coefficient (Wildman–Crippen LogP) is 4.71. The van der Waals surface area contributed by atoms with Crippen LogP contribution in [0.25, 0.3) is 10.9 Å². The summed E-state index contributed by atoms with van der Waals surface area (Å²) in [6.07, 6.45) is 0.0735. The molecule has 3 N–H and O–H groups in total. The summed E-state index contributed by atoms with van der Waals surface area (Å²) in [5.74, 6) is -0.283. The van der Waals surface area contributed by atoms with Gasteiger partial charge in [0.05, 0.1) is 21.8 Å². The van der Waals surface area contributed by atoms with E-state index in [-0.39, 0.29) is 17.8 Å². The van der Waals surface area contributed by atoms with Crippen molar-refractivity contribution >= 4 is 65.8 Å². The SMILES string of the molecule is Nc1cc(CC(=O)c2cc3c(Br)cc(Br)cc3[nH]c2=O)ccc1Cl. The summed E-state index contributed by atoms with van der Waals surface area (Å²) in [7, 11) is 0. The minimum atomic E-state index is -0.417. The third-order valence-corrected chi connectivity index (χ3v) is 5.06. The smallest absolute Gasteiger partial charge is 0.259 e. The summed E-state index contributed by atoms with van der Waals surface area (Å²) >= 11 is 12.7. The maximum Gasteiger partial charge on any atom is 0.259 e. The highest BCUT2D eigenvalue weighted by Crippen LogP contribution is 2.27. The lowest BCUT2D eigenvalue weighted by Crippen LogP contribution is -2.19. The minimum absolute atomic E-state index is 0.0735. The molecular formula is C17H11Br2ClN2O2. The highest BCUT2D eigenvalue weighted by molar-refractivity contribution is 9.11. The summed E-state index contributed by atoms with van der Waals surface area (Å²) in [6, 6.07) is 10.2. The number of fused-ring (bicyclic) bond motifs is 1. The maximum atomic E-state index is 12.5. The Kier molecular flexibility index (Phi) is 4.80. The number of nitrogens with one attached hydrogen (secondary N) is 1. The van der Waals surface area contributed by atoms with Gasteiger partial charge >= 0.3 is 0 Å². The fourth-order valence-electron chi connectivity index (χ4n) is 2.43. The van der Waals surface area contributed by atoms with Crippen LogP contribution in [0.15, 0.2) is 50.1 Å². The second-order valence-corrected chi connectivity index (χ2v) is 7.49. The van der Waals surface area contributed by atoms with Crippen molar-refractivity contribution in [2.24, 2.45) is 0 Å². The Labute approximate surface area is 159 Å². The molecule has 0 fully saturated rings. The number of nitrogens with two attached hydrogens (primary N) is 1. The van der Waals surface area contributed by atoms with E-state index in [0.29, 0.717) is 21.8 Å². The molecule has 0 aliphatic heterocycles. The number of nitrogen functional groups attached to an aromatic ring is 1. The summed E-state index contributed by atoms with van der Waals surface area (Å²) in [6.45, 7) is 0. The summed E-state index contributed by atoms with van der Waals surface area (Å²) in [5.41, 5.74) is 7.20. The van der Waals surface area contributed by atoms with Gasteiger partial charge < -0.3 is 10.7 Å². The quantitative estimate of drug-likeness (QED) is 0.430. The molecule has 1 aromatic heterocycles. The van der Waals surface area contributed by atoms with Crippen LogP contribution in [0.1, 0.15) is 15.9 Å². The van der Waals surface area contributed by atoms with Crippen molar-refractivity contribution in [2.45, 2.75) is 6.42 Å². The zero-order valence-electron chi connectivity index (χ0n) is 12.2. The first kappa shape index (κ1) is 17.2. The summed E-state index contributed by atoms with van der Waals surface area (Å²) < 4.78 is 1.61. The monoisotopic (exact) mass is 468 g/mol. The Morgan fingerprint density at radius 2 is 1.92 bits per heavy atom. The van der Waals surface area contributed by atoms with Crippen LogP contribution >= 0.6 is 43.5 Å². The average Bonchev–Trinajstić information content (AvgIpc) is 2.50. The molecule has 0 saturated heterocycles. The zero-order chi connectivity index (χ0) is 17.4. The molecule has 3 aromatic rings. The molecule has 24 heavy (non-hydrogen) atoms. The zero-order valence-corrected chi connectivity index (χ0v) is 16.1. The molecule has 3 rings (SSSR count). The van der Waals surface area contributed by atoms with Gasteiger partial charge in [-0.2, -0.15) is 0 Å². The van der Waals surface area contributed by atoms with E-state index in [9.17, 15) is 9.59 Å². The van der Waals surface area contributed by atoms with Gasteiger partial charge in [-0.1, -0.05) is 49.5 Å². The van der Waals surface area contributed by atoms with Crippen LogP contribution in [0, 0.1) is 0 Å². The Hall–Kier alpha value is -1.63. The van der Waals surface area contributed by atoms with Crippen molar-refractivity contribution in [1.82, 2.24) is 4.98 Å². The van der Waals surface area contributed by atoms with E-state index in [0.717, 1.165) is 14.3 Å². The minimum Gasteiger partial charge on any atom is -0.398 e. The molecule has 0 amide bonds. The molecule has 2 aromatic carbocycles. The van der Waals surface area contributed by atoms with Gasteiger partial charge in [0.2, 0.25) is 0 Å². The van der Waals surface area contributed by atoms with Crippen LogP contribution in [0.4, 0.5) is 5.69 Å². The largest absolute Gasteiger partial charge is 0.398 e. The number of hydrogen-bond donors (Lipinski definition) is 2. The van der Waals surface area contributed by atoms with E-state index in [2.05, 4.69) is 36.8 Å². The topological polar surface area (TPSA) is 76.0 Å². The highest BCUT2D eigenvalue weighted by atomic mass is 79.9. The lowest BCUT2D eigenvalue weighted by molar-refractivity contribution is 0.0991. The number of ketones is 1. The third kappa shape index (κ3) is 3.41. The average molecular weight is 471 g/mol. The van der Waals surface area contributed by atoms with Gasteiger partial charge in [-0.25, -0.2) is 0 Å². The number of hydrogen-bond acceptors (Lipinski definition) is 3. The van der Waals surface area contributed by atoms with Crippen molar-refractivity contribution in [2.75, 3.05) is 5.73 Å². The lowest BCUT2D eigenvalue weighted by Gasteiger charge is -2.07. The molecule has 122 valence electrons. The van der Waals surface area contributed by atoms with Crippen LogP contribution in [-0.2, 0) is 6.42 Å². The second kappa shape index (κ2) is 6.70. The molecule has 1 heterocycles. The summed E-state index contributed by atoms with van der Waals surface area (Å²) in [5, 5.41) is 1.20. The fraction of sp³-hybridized carbons (Fsp3) is 0.0588. The van der Waals surface area contributed by atoms with E-state index < -0.39 is 5.56 Å². The van der Waals surface area contributed by atoms with Gasteiger partial charge in [-0.05, 0) is 35.9 Å². The van der Waals surface area contributed by atoms with E-state index in [1.807, 2.05) is 6.07 Å². The molecule has 0 spiro atoms. The van der Waals surface area contributed by atoms with E-state index >= 15 is 0 Å². The Morgan fingerprint density at radius 1 is 1.17 bits per heavy atom. The van der Waals surface area contributed by atoms with Crippen molar-refractivity contribution in [1.29, 1.82) is 0 Å². The number of H-pyrrole nitrogens is 1. The second-order valence-electron chi connectivity index (χ2n) is 5.32. The van der Waals surface area contributed by atoms with Crippen LogP contribution in [0.2, 0.25) is 5.02 Å². The van der Waals surface area contributed by atoms with Gasteiger partial charge in [0, 0.05) is 20.8 Å². The fourth-order valence-corrected chi connectivity index (χ4v) is 3.88. The van der Waals surface area contributed by atoms with Gasteiger partial charge in [0.1, 0.15) is 0 Å². The Balaban J connectivity index is 2.02. The van der Waals surface area contributed by atoms with Crippen LogP contribution in [0.5, 0.6) is 0 Å².